The lowest BCUT2D eigenvalue weighted by Gasteiger charge is -2.09. The molecule has 0 saturated carbocycles. The number of hydrogen-bond acceptors (Lipinski definition) is 3. The molecule has 0 bridgehead atoms. The maximum atomic E-state index is 4.91. The molecule has 0 fully saturated rings. The summed E-state index contributed by atoms with van der Waals surface area (Å²) >= 11 is 0. The summed E-state index contributed by atoms with van der Waals surface area (Å²) in [6, 6.07) is 14.5. The van der Waals surface area contributed by atoms with Gasteiger partial charge in [-0.3, -0.25) is 4.98 Å². The van der Waals surface area contributed by atoms with Gasteiger partial charge < -0.3 is 5.32 Å². The smallest absolute Gasteiger partial charge is 0.133 e. The highest BCUT2D eigenvalue weighted by Crippen LogP contribution is 2.33. The molecule has 4 heteroatoms. The van der Waals surface area contributed by atoms with Crippen LogP contribution in [0.25, 0.3) is 17.1 Å². The number of anilines is 1. The lowest BCUT2D eigenvalue weighted by molar-refractivity contribution is 0.779. The van der Waals surface area contributed by atoms with E-state index in [2.05, 4.69) is 41.5 Å². The Balaban J connectivity index is 1.92. The Hall–Kier alpha value is -2.62. The van der Waals surface area contributed by atoms with Crippen molar-refractivity contribution >= 4 is 5.82 Å². The summed E-state index contributed by atoms with van der Waals surface area (Å²) < 4.78 is 2.04. The summed E-state index contributed by atoms with van der Waals surface area (Å²) in [5.74, 6) is 1.12. The van der Waals surface area contributed by atoms with Crippen molar-refractivity contribution in [3.63, 3.8) is 0 Å². The van der Waals surface area contributed by atoms with Crippen LogP contribution in [-0.2, 0) is 6.42 Å². The SMILES string of the molecule is Cc1cccc(-n2nc(-c3ccccn3)c3c2NCCCC3)c1. The van der Waals surface area contributed by atoms with Crippen molar-refractivity contribution in [3.05, 3.63) is 59.8 Å². The molecule has 1 N–H and O–H groups in total. The van der Waals surface area contributed by atoms with Crippen LogP contribution in [0.15, 0.2) is 48.7 Å². The summed E-state index contributed by atoms with van der Waals surface area (Å²) in [4.78, 5) is 4.51. The topological polar surface area (TPSA) is 42.7 Å². The lowest BCUT2D eigenvalue weighted by atomic mass is 10.1. The van der Waals surface area contributed by atoms with Gasteiger partial charge in [0.15, 0.2) is 0 Å². The largest absolute Gasteiger partial charge is 0.370 e. The number of aromatic nitrogens is 3. The van der Waals surface area contributed by atoms with E-state index in [9.17, 15) is 0 Å². The van der Waals surface area contributed by atoms with Crippen molar-refractivity contribution in [1.29, 1.82) is 0 Å². The van der Waals surface area contributed by atoms with E-state index in [1.807, 2.05) is 29.1 Å². The molecule has 1 aliphatic heterocycles. The first-order valence-electron chi connectivity index (χ1n) is 8.17. The van der Waals surface area contributed by atoms with Gasteiger partial charge in [0.1, 0.15) is 11.5 Å². The van der Waals surface area contributed by atoms with E-state index in [0.29, 0.717) is 0 Å². The summed E-state index contributed by atoms with van der Waals surface area (Å²) in [6.45, 7) is 3.10. The molecule has 1 aromatic carbocycles. The number of hydrogen-bond donors (Lipinski definition) is 1. The van der Waals surface area contributed by atoms with Crippen LogP contribution in [0.3, 0.4) is 0 Å². The molecule has 0 spiro atoms. The molecule has 4 rings (SSSR count). The maximum absolute atomic E-state index is 4.91. The number of fused-ring (bicyclic) bond motifs is 1. The molecule has 0 unspecified atom stereocenters. The molecular weight excluding hydrogens is 284 g/mol. The fraction of sp³-hybridized carbons (Fsp3) is 0.263. The summed E-state index contributed by atoms with van der Waals surface area (Å²) in [6.07, 6.45) is 5.24. The van der Waals surface area contributed by atoms with Crippen LogP contribution in [0, 0.1) is 6.92 Å². The Morgan fingerprint density at radius 1 is 1.09 bits per heavy atom. The van der Waals surface area contributed by atoms with E-state index in [1.165, 1.54) is 24.0 Å². The normalized spacial score (nSPS) is 14.0. The summed E-state index contributed by atoms with van der Waals surface area (Å²) in [7, 11) is 0. The van der Waals surface area contributed by atoms with Gasteiger partial charge in [-0.25, -0.2) is 4.68 Å². The van der Waals surface area contributed by atoms with Gasteiger partial charge >= 0.3 is 0 Å². The van der Waals surface area contributed by atoms with Crippen LogP contribution in [0.4, 0.5) is 5.82 Å². The van der Waals surface area contributed by atoms with Gasteiger partial charge in [-0.05, 0) is 56.0 Å². The predicted molar refractivity (Wildman–Crippen MR) is 93.0 cm³/mol. The highest BCUT2D eigenvalue weighted by Gasteiger charge is 2.22. The van der Waals surface area contributed by atoms with Gasteiger partial charge in [-0.1, -0.05) is 18.2 Å². The Bertz CT molecular complexity index is 821. The third-order valence-electron chi connectivity index (χ3n) is 4.28. The number of nitrogens with zero attached hydrogens (tertiary/aromatic N) is 3. The van der Waals surface area contributed by atoms with Crippen LogP contribution < -0.4 is 5.32 Å². The standard InChI is InChI=1S/C19H20N4/c1-14-7-6-8-15(13-14)23-19-16(9-2-4-12-21-19)18(22-23)17-10-3-5-11-20-17/h3,5-8,10-11,13,21H,2,4,9,12H2,1H3. The molecule has 0 radical (unpaired) electrons. The van der Waals surface area contributed by atoms with E-state index < -0.39 is 0 Å². The van der Waals surface area contributed by atoms with Gasteiger partial charge in [-0.15, -0.1) is 0 Å². The average Bonchev–Trinajstić information content (AvgIpc) is 2.77. The second kappa shape index (κ2) is 5.88. The van der Waals surface area contributed by atoms with Crippen LogP contribution >= 0.6 is 0 Å². The molecule has 0 aliphatic carbocycles. The molecule has 3 aromatic rings. The number of benzene rings is 1. The van der Waals surface area contributed by atoms with E-state index in [1.54, 1.807) is 0 Å². The quantitative estimate of drug-likeness (QED) is 0.778. The van der Waals surface area contributed by atoms with Crippen molar-refractivity contribution in [2.75, 3.05) is 11.9 Å². The second-order valence-corrected chi connectivity index (χ2v) is 6.03. The molecule has 0 atom stereocenters. The van der Waals surface area contributed by atoms with E-state index in [0.717, 1.165) is 35.9 Å². The van der Waals surface area contributed by atoms with Crippen LogP contribution in [-0.4, -0.2) is 21.3 Å². The fourth-order valence-electron chi connectivity index (χ4n) is 3.16. The van der Waals surface area contributed by atoms with Crippen LogP contribution in [0.1, 0.15) is 24.0 Å². The molecule has 4 nitrogen and oxygen atoms in total. The Labute approximate surface area is 136 Å². The zero-order valence-corrected chi connectivity index (χ0v) is 13.3. The molecule has 23 heavy (non-hydrogen) atoms. The third kappa shape index (κ3) is 2.61. The lowest BCUT2D eigenvalue weighted by Crippen LogP contribution is -2.07. The second-order valence-electron chi connectivity index (χ2n) is 6.03. The summed E-state index contributed by atoms with van der Waals surface area (Å²) in [5, 5.41) is 8.48. The zero-order valence-electron chi connectivity index (χ0n) is 13.3. The molecular formula is C19H20N4. The summed E-state index contributed by atoms with van der Waals surface area (Å²) in [5.41, 5.74) is 5.55. The van der Waals surface area contributed by atoms with E-state index >= 15 is 0 Å². The molecule has 116 valence electrons. The van der Waals surface area contributed by atoms with Crippen LogP contribution in [0.5, 0.6) is 0 Å². The number of rotatable bonds is 2. The average molecular weight is 304 g/mol. The molecule has 2 aromatic heterocycles. The maximum Gasteiger partial charge on any atom is 0.133 e. The van der Waals surface area contributed by atoms with Gasteiger partial charge in [-0.2, -0.15) is 5.10 Å². The number of pyridine rings is 1. The van der Waals surface area contributed by atoms with Gasteiger partial charge in [0.05, 0.1) is 11.4 Å². The van der Waals surface area contributed by atoms with Crippen molar-refractivity contribution in [2.24, 2.45) is 0 Å². The predicted octanol–water partition coefficient (Wildman–Crippen LogP) is 3.99. The van der Waals surface area contributed by atoms with Crippen molar-refractivity contribution < 1.29 is 0 Å². The minimum absolute atomic E-state index is 0.943. The first-order chi connectivity index (χ1) is 11.3. The van der Waals surface area contributed by atoms with Crippen molar-refractivity contribution in [3.8, 4) is 17.1 Å². The minimum atomic E-state index is 0.943. The zero-order chi connectivity index (χ0) is 15.6. The Morgan fingerprint density at radius 2 is 2.04 bits per heavy atom. The number of aryl methyl sites for hydroxylation is 1. The van der Waals surface area contributed by atoms with E-state index in [4.69, 9.17) is 5.10 Å². The molecule has 1 aliphatic rings. The van der Waals surface area contributed by atoms with Crippen LogP contribution in [0.2, 0.25) is 0 Å². The van der Waals surface area contributed by atoms with Gasteiger partial charge in [0, 0.05) is 18.3 Å². The highest BCUT2D eigenvalue weighted by atomic mass is 15.3. The fourth-order valence-corrected chi connectivity index (χ4v) is 3.16. The Kier molecular flexibility index (Phi) is 3.58. The van der Waals surface area contributed by atoms with Crippen molar-refractivity contribution in [1.82, 2.24) is 14.8 Å². The first kappa shape index (κ1) is 14.0. The van der Waals surface area contributed by atoms with Gasteiger partial charge in [0.2, 0.25) is 0 Å². The minimum Gasteiger partial charge on any atom is -0.370 e. The highest BCUT2D eigenvalue weighted by molar-refractivity contribution is 5.69. The third-order valence-corrected chi connectivity index (χ3v) is 4.28. The van der Waals surface area contributed by atoms with Gasteiger partial charge in [0.25, 0.3) is 0 Å². The molecule has 3 heterocycles. The van der Waals surface area contributed by atoms with E-state index in [-0.39, 0.29) is 0 Å². The Morgan fingerprint density at radius 3 is 2.87 bits per heavy atom. The molecule has 0 saturated heterocycles. The number of nitrogens with one attached hydrogen (secondary N) is 1. The molecule has 0 amide bonds. The monoisotopic (exact) mass is 304 g/mol. The van der Waals surface area contributed by atoms with Crippen molar-refractivity contribution in [2.45, 2.75) is 26.2 Å². The first-order valence-corrected chi connectivity index (χ1v) is 8.17.